The Morgan fingerprint density at radius 2 is 1.76 bits per heavy atom. The molecule has 0 saturated heterocycles. The van der Waals surface area contributed by atoms with Crippen LogP contribution in [0, 0.1) is 5.92 Å². The Balaban J connectivity index is 2.33. The van der Waals surface area contributed by atoms with Crippen molar-refractivity contribution in [3.63, 3.8) is 0 Å². The van der Waals surface area contributed by atoms with Gasteiger partial charge in [-0.2, -0.15) is 0 Å². The topological polar surface area (TPSA) is 33.7 Å². The predicted molar refractivity (Wildman–Crippen MR) is 70.4 cm³/mol. The SMILES string of the molecule is CCNCC1CCC1N(CCOC)CCOC. The molecule has 17 heavy (non-hydrogen) atoms. The smallest absolute Gasteiger partial charge is 0.0589 e. The Kier molecular flexibility index (Phi) is 7.77. The van der Waals surface area contributed by atoms with E-state index in [2.05, 4.69) is 17.1 Å². The second-order valence-electron chi connectivity index (χ2n) is 4.73. The molecule has 2 atom stereocenters. The van der Waals surface area contributed by atoms with Crippen molar-refractivity contribution in [2.24, 2.45) is 5.92 Å². The van der Waals surface area contributed by atoms with Crippen LogP contribution in [0.1, 0.15) is 19.8 Å². The second kappa shape index (κ2) is 8.86. The van der Waals surface area contributed by atoms with Gasteiger partial charge in [0.2, 0.25) is 0 Å². The van der Waals surface area contributed by atoms with Gasteiger partial charge in [0.1, 0.15) is 0 Å². The molecule has 0 amide bonds. The largest absolute Gasteiger partial charge is 0.383 e. The van der Waals surface area contributed by atoms with Crippen LogP contribution < -0.4 is 5.32 Å². The number of nitrogens with zero attached hydrogens (tertiary/aromatic N) is 1. The van der Waals surface area contributed by atoms with E-state index in [0.29, 0.717) is 0 Å². The predicted octanol–water partition coefficient (Wildman–Crippen LogP) is 0.969. The van der Waals surface area contributed by atoms with Crippen molar-refractivity contribution in [2.75, 3.05) is 53.6 Å². The van der Waals surface area contributed by atoms with Gasteiger partial charge in [-0.15, -0.1) is 0 Å². The normalized spacial score (nSPS) is 24.0. The van der Waals surface area contributed by atoms with E-state index in [1.54, 1.807) is 14.2 Å². The summed E-state index contributed by atoms with van der Waals surface area (Å²) in [5.41, 5.74) is 0. The molecule has 2 unspecified atom stereocenters. The first-order valence-corrected chi connectivity index (χ1v) is 6.76. The minimum absolute atomic E-state index is 0.722. The van der Waals surface area contributed by atoms with Gasteiger partial charge < -0.3 is 14.8 Å². The van der Waals surface area contributed by atoms with Crippen LogP contribution in [0.3, 0.4) is 0 Å². The van der Waals surface area contributed by atoms with Crippen LogP contribution in [-0.4, -0.2) is 64.6 Å². The number of methoxy groups -OCH3 is 2. The van der Waals surface area contributed by atoms with Crippen LogP contribution in [0.15, 0.2) is 0 Å². The zero-order chi connectivity index (χ0) is 12.5. The van der Waals surface area contributed by atoms with E-state index in [4.69, 9.17) is 9.47 Å². The summed E-state index contributed by atoms with van der Waals surface area (Å²) in [6.45, 7) is 8.06. The molecule has 1 aliphatic carbocycles. The lowest BCUT2D eigenvalue weighted by Gasteiger charge is -2.44. The van der Waals surface area contributed by atoms with E-state index in [1.165, 1.54) is 12.8 Å². The van der Waals surface area contributed by atoms with Gasteiger partial charge in [0.15, 0.2) is 0 Å². The first kappa shape index (κ1) is 14.9. The van der Waals surface area contributed by atoms with Crippen LogP contribution in [-0.2, 0) is 9.47 Å². The van der Waals surface area contributed by atoms with Crippen LogP contribution in [0.25, 0.3) is 0 Å². The summed E-state index contributed by atoms with van der Waals surface area (Å²) in [7, 11) is 3.54. The van der Waals surface area contributed by atoms with Gasteiger partial charge in [0.05, 0.1) is 13.2 Å². The van der Waals surface area contributed by atoms with Gasteiger partial charge in [-0.05, 0) is 31.8 Å². The molecule has 1 rings (SSSR count). The first-order valence-electron chi connectivity index (χ1n) is 6.76. The highest BCUT2D eigenvalue weighted by Gasteiger charge is 2.34. The van der Waals surface area contributed by atoms with Crippen LogP contribution >= 0.6 is 0 Å². The maximum atomic E-state index is 5.19. The molecule has 4 heteroatoms. The quantitative estimate of drug-likeness (QED) is 0.621. The standard InChI is InChI=1S/C13H28N2O2/c1-4-14-11-12-5-6-13(12)15(7-9-16-2)8-10-17-3/h12-14H,4-11H2,1-3H3. The number of ether oxygens (including phenoxy) is 2. The maximum Gasteiger partial charge on any atom is 0.0589 e. The molecule has 1 aliphatic rings. The average molecular weight is 244 g/mol. The molecule has 1 saturated carbocycles. The van der Waals surface area contributed by atoms with Gasteiger partial charge in [-0.25, -0.2) is 0 Å². The molecule has 0 aliphatic heterocycles. The van der Waals surface area contributed by atoms with E-state index in [9.17, 15) is 0 Å². The highest BCUT2D eigenvalue weighted by atomic mass is 16.5. The number of rotatable bonds is 10. The first-order chi connectivity index (χ1) is 8.33. The molecule has 0 heterocycles. The molecule has 102 valence electrons. The van der Waals surface area contributed by atoms with E-state index in [-0.39, 0.29) is 0 Å². The zero-order valence-electron chi connectivity index (χ0n) is 11.6. The molecule has 0 aromatic rings. The second-order valence-corrected chi connectivity index (χ2v) is 4.73. The van der Waals surface area contributed by atoms with Crippen LogP contribution in [0.2, 0.25) is 0 Å². The van der Waals surface area contributed by atoms with Crippen molar-refractivity contribution in [3.8, 4) is 0 Å². The summed E-state index contributed by atoms with van der Waals surface area (Å²) in [6.07, 6.45) is 2.68. The highest BCUT2D eigenvalue weighted by molar-refractivity contribution is 4.90. The maximum absolute atomic E-state index is 5.19. The van der Waals surface area contributed by atoms with E-state index >= 15 is 0 Å². The lowest BCUT2D eigenvalue weighted by molar-refractivity contribution is 0.0230. The van der Waals surface area contributed by atoms with Gasteiger partial charge in [0, 0.05) is 33.4 Å². The van der Waals surface area contributed by atoms with E-state index in [0.717, 1.165) is 51.4 Å². The minimum Gasteiger partial charge on any atom is -0.383 e. The lowest BCUT2D eigenvalue weighted by Crippen LogP contribution is -2.52. The summed E-state index contributed by atoms with van der Waals surface area (Å²) >= 11 is 0. The Morgan fingerprint density at radius 3 is 2.18 bits per heavy atom. The van der Waals surface area contributed by atoms with Crippen molar-refractivity contribution in [3.05, 3.63) is 0 Å². The van der Waals surface area contributed by atoms with E-state index in [1.807, 2.05) is 0 Å². The number of hydrogen-bond donors (Lipinski definition) is 1. The molecule has 0 radical (unpaired) electrons. The summed E-state index contributed by atoms with van der Waals surface area (Å²) in [6, 6.07) is 0.722. The third-order valence-corrected chi connectivity index (χ3v) is 3.67. The minimum atomic E-state index is 0.722. The van der Waals surface area contributed by atoms with Crippen molar-refractivity contribution in [1.29, 1.82) is 0 Å². The highest BCUT2D eigenvalue weighted by Crippen LogP contribution is 2.31. The third kappa shape index (κ3) is 4.92. The molecule has 0 aromatic carbocycles. The van der Waals surface area contributed by atoms with Crippen LogP contribution in [0.5, 0.6) is 0 Å². The van der Waals surface area contributed by atoms with Gasteiger partial charge in [-0.3, -0.25) is 4.90 Å². The van der Waals surface area contributed by atoms with Gasteiger partial charge >= 0.3 is 0 Å². The number of nitrogens with one attached hydrogen (secondary N) is 1. The van der Waals surface area contributed by atoms with Gasteiger partial charge in [0.25, 0.3) is 0 Å². The molecule has 0 aromatic heterocycles. The number of hydrogen-bond acceptors (Lipinski definition) is 4. The van der Waals surface area contributed by atoms with E-state index < -0.39 is 0 Å². The Bertz CT molecular complexity index is 182. The fourth-order valence-corrected chi connectivity index (χ4v) is 2.46. The fourth-order valence-electron chi connectivity index (χ4n) is 2.46. The van der Waals surface area contributed by atoms with Crippen molar-refractivity contribution in [1.82, 2.24) is 10.2 Å². The monoisotopic (exact) mass is 244 g/mol. The summed E-state index contributed by atoms with van der Waals surface area (Å²) in [5, 5.41) is 3.46. The molecular formula is C13H28N2O2. The fraction of sp³-hybridized carbons (Fsp3) is 1.00. The van der Waals surface area contributed by atoms with Gasteiger partial charge in [-0.1, -0.05) is 6.92 Å². The third-order valence-electron chi connectivity index (χ3n) is 3.67. The molecular weight excluding hydrogens is 216 g/mol. The summed E-state index contributed by atoms with van der Waals surface area (Å²) in [5.74, 6) is 0.809. The average Bonchev–Trinajstić information content (AvgIpc) is 2.31. The molecule has 4 nitrogen and oxygen atoms in total. The Hall–Kier alpha value is -0.160. The molecule has 0 spiro atoms. The molecule has 1 N–H and O–H groups in total. The van der Waals surface area contributed by atoms with Crippen molar-refractivity contribution >= 4 is 0 Å². The summed E-state index contributed by atoms with van der Waals surface area (Å²) < 4.78 is 10.4. The Morgan fingerprint density at radius 1 is 1.12 bits per heavy atom. The zero-order valence-corrected chi connectivity index (χ0v) is 11.6. The Labute approximate surface area is 106 Å². The van der Waals surface area contributed by atoms with Crippen LogP contribution in [0.4, 0.5) is 0 Å². The molecule has 1 fully saturated rings. The lowest BCUT2D eigenvalue weighted by atomic mass is 9.78. The van der Waals surface area contributed by atoms with Crippen molar-refractivity contribution in [2.45, 2.75) is 25.8 Å². The summed E-state index contributed by atoms with van der Waals surface area (Å²) in [4.78, 5) is 2.53. The van der Waals surface area contributed by atoms with Crippen molar-refractivity contribution < 1.29 is 9.47 Å². The molecule has 0 bridgehead atoms.